The van der Waals surface area contributed by atoms with Gasteiger partial charge < -0.3 is 14.5 Å². The lowest BCUT2D eigenvalue weighted by Crippen LogP contribution is -1.95. The summed E-state index contributed by atoms with van der Waals surface area (Å²) in [5, 5.41) is 8.74. The maximum Gasteiger partial charge on any atom is 0.150 e. The number of phenolic OH excluding ortho intramolecular Hbond substituents is 1. The molecule has 0 spiro atoms. The molecule has 6 heteroatoms. The van der Waals surface area contributed by atoms with Crippen LogP contribution in [-0.2, 0) is 11.2 Å². The fourth-order valence-electron chi connectivity index (χ4n) is 4.37. The highest BCUT2D eigenvalue weighted by Gasteiger charge is 2.19. The van der Waals surface area contributed by atoms with Gasteiger partial charge in [-0.25, -0.2) is 4.98 Å². The van der Waals surface area contributed by atoms with Gasteiger partial charge in [0.1, 0.15) is 18.3 Å². The van der Waals surface area contributed by atoms with E-state index >= 15 is 0 Å². The van der Waals surface area contributed by atoms with Crippen LogP contribution >= 0.6 is 11.3 Å². The maximum absolute atomic E-state index is 10.0. The highest BCUT2D eigenvalue weighted by atomic mass is 32.1. The Morgan fingerprint density at radius 2 is 1.56 bits per heavy atom. The quantitative estimate of drug-likeness (QED) is 0.176. The minimum absolute atomic E-state index is 0.181. The van der Waals surface area contributed by atoms with Gasteiger partial charge in [0.25, 0.3) is 0 Å². The Labute approximate surface area is 292 Å². The fourth-order valence-corrected chi connectivity index (χ4v) is 5.36. The van der Waals surface area contributed by atoms with Crippen molar-refractivity contribution < 1.29 is 14.7 Å². The van der Waals surface area contributed by atoms with Gasteiger partial charge in [-0.2, -0.15) is 0 Å². The van der Waals surface area contributed by atoms with Crippen LogP contribution in [0, 0.1) is 32.6 Å². The number of allylic oxidation sites excluding steroid dienone is 1. The lowest BCUT2D eigenvalue weighted by atomic mass is 9.94. The molecule has 6 rings (SSSR count). The number of hydrogen-bond donors (Lipinski definition) is 1. The first-order valence-corrected chi connectivity index (χ1v) is 17.6. The first kappa shape index (κ1) is 39.6. The Morgan fingerprint density at radius 3 is 1.98 bits per heavy atom. The van der Waals surface area contributed by atoms with Crippen molar-refractivity contribution in [1.82, 2.24) is 9.55 Å². The van der Waals surface area contributed by atoms with Crippen molar-refractivity contribution in [2.24, 2.45) is 11.8 Å². The summed E-state index contributed by atoms with van der Waals surface area (Å²) < 4.78 is 2.02. The minimum Gasteiger partial charge on any atom is -0.508 e. The van der Waals surface area contributed by atoms with E-state index in [2.05, 4.69) is 107 Å². The van der Waals surface area contributed by atoms with Crippen molar-refractivity contribution >= 4 is 35.6 Å². The third kappa shape index (κ3) is 14.1. The van der Waals surface area contributed by atoms with E-state index in [1.165, 1.54) is 49.7 Å². The van der Waals surface area contributed by atoms with Gasteiger partial charge in [0.2, 0.25) is 0 Å². The number of imidazole rings is 1. The Kier molecular flexibility index (Phi) is 17.6. The Hall–Kier alpha value is -4.55. The molecular weight excluding hydrogens is 613 g/mol. The SMILES string of the molecule is CC.CCc1ccc(C)cc1.Cc1cc(C)c(/C=C(/c2ccc(-n3ccnc3)cc2)C(C)C)s1.O=CC1CC1.O=Cc1ccc(O)cc1. The minimum atomic E-state index is 0.181. The molecule has 0 unspecified atom stereocenters. The van der Waals surface area contributed by atoms with E-state index in [0.717, 1.165) is 37.5 Å². The molecule has 1 saturated carbocycles. The highest BCUT2D eigenvalue weighted by molar-refractivity contribution is 7.13. The second-order valence-electron chi connectivity index (χ2n) is 11.7. The molecule has 1 fully saturated rings. The molecule has 0 aliphatic heterocycles. The van der Waals surface area contributed by atoms with Crippen molar-refractivity contribution in [2.75, 3.05) is 0 Å². The average Bonchev–Trinajstić information content (AvgIpc) is 3.69. The van der Waals surface area contributed by atoms with E-state index < -0.39 is 0 Å². The van der Waals surface area contributed by atoms with E-state index in [1.54, 1.807) is 18.3 Å². The number of carbonyl (C=O) groups is 2. The standard InChI is InChI=1S/C20H22N2S.C9H12.C7H6O2.C4H6O.C2H6/c1-14(2)19(12-20-15(3)11-16(4)23-20)17-5-7-18(8-6-17)22-10-9-21-13-22;1-3-9-6-4-8(2)5-7-9;8-5-6-1-3-7(9)4-2-6;5-3-4-1-2-4;1-2/h5-14H,1-4H3;4-7H,3H2,1-2H3;1-5,9H;3-4H,1-2H2;1-2H3/b19-12+;;;;. The summed E-state index contributed by atoms with van der Waals surface area (Å²) in [7, 11) is 0. The maximum atomic E-state index is 10.0. The van der Waals surface area contributed by atoms with Crippen molar-refractivity contribution in [3.05, 3.63) is 135 Å². The van der Waals surface area contributed by atoms with Crippen molar-refractivity contribution in [1.29, 1.82) is 0 Å². The topological polar surface area (TPSA) is 72.2 Å². The van der Waals surface area contributed by atoms with Crippen LogP contribution in [0.5, 0.6) is 5.75 Å². The molecule has 0 atom stereocenters. The largest absolute Gasteiger partial charge is 0.508 e. The van der Waals surface area contributed by atoms with Crippen LogP contribution < -0.4 is 0 Å². The van der Waals surface area contributed by atoms with Crippen molar-refractivity contribution in [3.8, 4) is 11.4 Å². The van der Waals surface area contributed by atoms with Crippen LogP contribution in [0.4, 0.5) is 0 Å². The summed E-state index contributed by atoms with van der Waals surface area (Å²) in [6.45, 7) is 17.2. The van der Waals surface area contributed by atoms with E-state index in [0.29, 0.717) is 17.4 Å². The number of aryl methyl sites for hydroxylation is 4. The number of hydrogen-bond acceptors (Lipinski definition) is 5. The number of nitrogens with zero attached hydrogens (tertiary/aromatic N) is 2. The number of benzene rings is 3. The molecule has 254 valence electrons. The van der Waals surface area contributed by atoms with Gasteiger partial charge in [0.15, 0.2) is 0 Å². The average molecular weight is 665 g/mol. The van der Waals surface area contributed by atoms with Gasteiger partial charge in [0.05, 0.1) is 6.33 Å². The highest BCUT2D eigenvalue weighted by Crippen LogP contribution is 2.31. The Morgan fingerprint density at radius 1 is 0.938 bits per heavy atom. The lowest BCUT2D eigenvalue weighted by Gasteiger charge is -2.13. The number of phenols is 1. The van der Waals surface area contributed by atoms with E-state index in [-0.39, 0.29) is 5.75 Å². The smallest absolute Gasteiger partial charge is 0.150 e. The molecular formula is C42H52N2O3S. The summed E-state index contributed by atoms with van der Waals surface area (Å²) in [6, 6.07) is 25.7. The second kappa shape index (κ2) is 21.3. The van der Waals surface area contributed by atoms with E-state index in [1.807, 2.05) is 42.3 Å². The molecule has 5 nitrogen and oxygen atoms in total. The molecule has 0 saturated heterocycles. The summed E-state index contributed by atoms with van der Waals surface area (Å²) in [5.41, 5.74) is 8.50. The number of carbonyl (C=O) groups excluding carboxylic acids is 2. The van der Waals surface area contributed by atoms with Gasteiger partial charge in [0, 0.05) is 39.3 Å². The number of aromatic nitrogens is 2. The summed E-state index contributed by atoms with van der Waals surface area (Å²) in [5.74, 6) is 1.12. The molecule has 1 N–H and O–H groups in total. The molecule has 1 aliphatic carbocycles. The fraction of sp³-hybridized carbons (Fsp3) is 0.310. The van der Waals surface area contributed by atoms with Gasteiger partial charge >= 0.3 is 0 Å². The summed E-state index contributed by atoms with van der Waals surface area (Å²) in [6.07, 6.45) is 13.1. The molecule has 2 heterocycles. The van der Waals surface area contributed by atoms with Crippen molar-refractivity contribution in [2.45, 2.75) is 74.7 Å². The Bertz CT molecular complexity index is 1640. The van der Waals surface area contributed by atoms with Gasteiger partial charge in [-0.15, -0.1) is 11.3 Å². The zero-order chi connectivity index (χ0) is 35.5. The molecule has 0 radical (unpaired) electrons. The first-order chi connectivity index (χ1) is 23.1. The summed E-state index contributed by atoms with van der Waals surface area (Å²) in [4.78, 5) is 26.4. The third-order valence-electron chi connectivity index (χ3n) is 7.36. The van der Waals surface area contributed by atoms with Crippen LogP contribution in [0.2, 0.25) is 0 Å². The summed E-state index contributed by atoms with van der Waals surface area (Å²) >= 11 is 1.87. The number of thiophene rings is 1. The molecule has 3 aromatic carbocycles. The van der Waals surface area contributed by atoms with Crippen LogP contribution in [0.15, 0.2) is 97.6 Å². The lowest BCUT2D eigenvalue weighted by molar-refractivity contribution is -0.108. The normalized spacial score (nSPS) is 11.7. The predicted octanol–water partition coefficient (Wildman–Crippen LogP) is 11.1. The Balaban J connectivity index is 0.000000261. The second-order valence-corrected chi connectivity index (χ2v) is 13.0. The van der Waals surface area contributed by atoms with E-state index in [4.69, 9.17) is 5.11 Å². The molecule has 0 bridgehead atoms. The van der Waals surface area contributed by atoms with E-state index in [9.17, 15) is 9.59 Å². The van der Waals surface area contributed by atoms with Crippen molar-refractivity contribution in [3.63, 3.8) is 0 Å². The number of aldehydes is 2. The first-order valence-electron chi connectivity index (χ1n) is 16.8. The number of rotatable bonds is 7. The zero-order valence-electron chi connectivity index (χ0n) is 29.8. The predicted molar refractivity (Wildman–Crippen MR) is 204 cm³/mol. The number of aromatic hydroxyl groups is 1. The van der Waals surface area contributed by atoms with Crippen LogP contribution in [0.3, 0.4) is 0 Å². The molecule has 2 aromatic heterocycles. The zero-order valence-corrected chi connectivity index (χ0v) is 30.6. The molecule has 5 aromatic rings. The van der Waals surface area contributed by atoms with Crippen LogP contribution in [-0.4, -0.2) is 27.2 Å². The third-order valence-corrected chi connectivity index (χ3v) is 8.46. The van der Waals surface area contributed by atoms with Gasteiger partial charge in [-0.1, -0.05) is 76.6 Å². The van der Waals surface area contributed by atoms with Gasteiger partial charge in [-0.3, -0.25) is 4.79 Å². The monoisotopic (exact) mass is 664 g/mol. The molecule has 48 heavy (non-hydrogen) atoms. The molecule has 0 amide bonds. The van der Waals surface area contributed by atoms with Gasteiger partial charge in [-0.05, 0) is 117 Å². The van der Waals surface area contributed by atoms with Crippen LogP contribution in [0.25, 0.3) is 17.3 Å². The molecule has 1 aliphatic rings. The van der Waals surface area contributed by atoms with Crippen LogP contribution in [0.1, 0.15) is 89.8 Å².